The fourth-order valence-corrected chi connectivity index (χ4v) is 3.09. The number of H-pyrrole nitrogens is 1. The number of methoxy groups -OCH3 is 1. The fourth-order valence-electron chi connectivity index (χ4n) is 2.51. The lowest BCUT2D eigenvalue weighted by molar-refractivity contribution is -0.148. The Hall–Kier alpha value is -2.15. The second-order valence-electron chi connectivity index (χ2n) is 5.36. The Morgan fingerprint density at radius 1 is 1.25 bits per heavy atom. The Kier molecular flexibility index (Phi) is 5.77. The van der Waals surface area contributed by atoms with Crippen molar-refractivity contribution in [2.75, 3.05) is 7.11 Å². The van der Waals surface area contributed by atoms with Gasteiger partial charge in [-0.25, -0.2) is 4.79 Å². The lowest BCUT2D eigenvalue weighted by Gasteiger charge is -2.29. The van der Waals surface area contributed by atoms with Crippen LogP contribution in [-0.2, 0) is 9.53 Å². The van der Waals surface area contributed by atoms with Crippen molar-refractivity contribution in [2.24, 2.45) is 0 Å². The second-order valence-corrected chi connectivity index (χ2v) is 6.16. The van der Waals surface area contributed by atoms with Crippen LogP contribution in [-0.4, -0.2) is 34.7 Å². The normalized spacial score (nSPS) is 11.2. The molecule has 1 aromatic heterocycles. The zero-order valence-corrected chi connectivity index (χ0v) is 15.4. The van der Waals surface area contributed by atoms with Gasteiger partial charge in [-0.1, -0.05) is 44.2 Å². The summed E-state index contributed by atoms with van der Waals surface area (Å²) in [5, 5.41) is 9.73. The predicted molar refractivity (Wildman–Crippen MR) is 94.5 cm³/mol. The molecule has 0 saturated heterocycles. The van der Waals surface area contributed by atoms with Crippen molar-refractivity contribution in [3.05, 3.63) is 40.5 Å². The van der Waals surface area contributed by atoms with Gasteiger partial charge in [-0.2, -0.15) is 5.10 Å². The minimum atomic E-state index is -1.05. The van der Waals surface area contributed by atoms with Gasteiger partial charge in [0.15, 0.2) is 0 Å². The fraction of sp³-hybridized carbons (Fsp3) is 0.353. The van der Waals surface area contributed by atoms with E-state index in [1.54, 1.807) is 0 Å². The molecule has 0 saturated carbocycles. The number of hydrogen-bond acceptors (Lipinski definition) is 4. The maximum absolute atomic E-state index is 12.6. The van der Waals surface area contributed by atoms with Crippen molar-refractivity contribution in [3.63, 3.8) is 0 Å². The van der Waals surface area contributed by atoms with Crippen LogP contribution in [0.15, 0.2) is 34.8 Å². The molecule has 1 heterocycles. The number of nitrogens with one attached hydrogen (secondary N) is 2. The first-order chi connectivity index (χ1) is 11.5. The molecule has 1 amide bonds. The number of esters is 1. The Morgan fingerprint density at radius 2 is 1.88 bits per heavy atom. The third kappa shape index (κ3) is 3.36. The SMILES string of the molecule is CCC(CC)(NC(=O)c1[nH]nc(-c2ccccc2)c1Br)C(=O)OC. The minimum Gasteiger partial charge on any atom is -0.467 e. The molecular formula is C17H20BrN3O3. The molecule has 1 aromatic carbocycles. The van der Waals surface area contributed by atoms with E-state index >= 15 is 0 Å². The van der Waals surface area contributed by atoms with Crippen LogP contribution in [0.2, 0.25) is 0 Å². The number of hydrogen-bond donors (Lipinski definition) is 2. The van der Waals surface area contributed by atoms with Crippen LogP contribution in [0.25, 0.3) is 11.3 Å². The molecule has 0 spiro atoms. The number of carbonyl (C=O) groups excluding carboxylic acids is 2. The molecule has 7 heteroatoms. The monoisotopic (exact) mass is 393 g/mol. The molecule has 2 rings (SSSR count). The third-order valence-corrected chi connectivity index (χ3v) is 4.89. The van der Waals surface area contributed by atoms with E-state index in [0.29, 0.717) is 23.0 Å². The van der Waals surface area contributed by atoms with Gasteiger partial charge in [-0.3, -0.25) is 9.89 Å². The summed E-state index contributed by atoms with van der Waals surface area (Å²) in [6, 6.07) is 9.50. The Balaban J connectivity index is 2.31. The quantitative estimate of drug-likeness (QED) is 0.737. The third-order valence-electron chi connectivity index (χ3n) is 4.12. The van der Waals surface area contributed by atoms with Crippen molar-refractivity contribution < 1.29 is 14.3 Å². The lowest BCUT2D eigenvalue weighted by atomic mass is 9.92. The number of rotatable bonds is 6. The number of amides is 1. The summed E-state index contributed by atoms with van der Waals surface area (Å²) < 4.78 is 5.40. The van der Waals surface area contributed by atoms with Crippen molar-refractivity contribution in [3.8, 4) is 11.3 Å². The van der Waals surface area contributed by atoms with Crippen LogP contribution in [0.4, 0.5) is 0 Å². The number of halogens is 1. The zero-order valence-electron chi connectivity index (χ0n) is 13.9. The highest BCUT2D eigenvalue weighted by Gasteiger charge is 2.38. The van der Waals surface area contributed by atoms with Gasteiger partial charge in [0.1, 0.15) is 16.9 Å². The minimum absolute atomic E-state index is 0.268. The molecule has 2 aromatic rings. The summed E-state index contributed by atoms with van der Waals surface area (Å²) in [7, 11) is 1.31. The molecule has 2 N–H and O–H groups in total. The van der Waals surface area contributed by atoms with Gasteiger partial charge in [0, 0.05) is 5.56 Å². The molecule has 0 aliphatic heterocycles. The van der Waals surface area contributed by atoms with Gasteiger partial charge in [0.05, 0.1) is 11.6 Å². The highest BCUT2D eigenvalue weighted by molar-refractivity contribution is 9.10. The molecule has 6 nitrogen and oxygen atoms in total. The van der Waals surface area contributed by atoms with Gasteiger partial charge in [0.25, 0.3) is 5.91 Å². The van der Waals surface area contributed by atoms with Crippen molar-refractivity contribution in [1.82, 2.24) is 15.5 Å². The van der Waals surface area contributed by atoms with E-state index in [-0.39, 0.29) is 5.69 Å². The van der Waals surface area contributed by atoms with Crippen LogP contribution in [0.5, 0.6) is 0 Å². The topological polar surface area (TPSA) is 84.1 Å². The number of nitrogens with zero attached hydrogens (tertiary/aromatic N) is 1. The average molecular weight is 394 g/mol. The highest BCUT2D eigenvalue weighted by atomic mass is 79.9. The maximum atomic E-state index is 12.6. The molecule has 0 aliphatic carbocycles. The second kappa shape index (κ2) is 7.61. The molecule has 0 fully saturated rings. The first-order valence-electron chi connectivity index (χ1n) is 7.69. The van der Waals surface area contributed by atoms with Gasteiger partial charge in [-0.15, -0.1) is 0 Å². The van der Waals surface area contributed by atoms with Crippen molar-refractivity contribution in [2.45, 2.75) is 32.2 Å². The van der Waals surface area contributed by atoms with Crippen LogP contribution in [0.1, 0.15) is 37.2 Å². The lowest BCUT2D eigenvalue weighted by Crippen LogP contribution is -2.54. The predicted octanol–water partition coefficient (Wildman–Crippen LogP) is 3.30. The average Bonchev–Trinajstić information content (AvgIpc) is 3.01. The molecule has 0 bridgehead atoms. The molecular weight excluding hydrogens is 374 g/mol. The largest absolute Gasteiger partial charge is 0.467 e. The Labute approximate surface area is 149 Å². The van der Waals surface area contributed by atoms with Gasteiger partial charge in [-0.05, 0) is 28.8 Å². The van der Waals surface area contributed by atoms with E-state index in [0.717, 1.165) is 5.56 Å². The van der Waals surface area contributed by atoms with Crippen LogP contribution < -0.4 is 5.32 Å². The van der Waals surface area contributed by atoms with E-state index in [1.807, 2.05) is 44.2 Å². The number of benzene rings is 1. The first kappa shape index (κ1) is 18.2. The molecule has 24 heavy (non-hydrogen) atoms. The van der Waals surface area contributed by atoms with Gasteiger partial charge < -0.3 is 10.1 Å². The van der Waals surface area contributed by atoms with Gasteiger partial charge in [0.2, 0.25) is 0 Å². The molecule has 0 atom stereocenters. The smallest absolute Gasteiger partial charge is 0.331 e. The standard InChI is InChI=1S/C17H20BrN3O3/c1-4-17(5-2,16(23)24-3)19-15(22)14-12(18)13(20-21-14)11-9-7-6-8-10-11/h6-10H,4-5H2,1-3H3,(H,19,22)(H,20,21). The maximum Gasteiger partial charge on any atom is 0.331 e. The summed E-state index contributed by atoms with van der Waals surface area (Å²) in [5.41, 5.74) is 0.731. The van der Waals surface area contributed by atoms with E-state index in [1.165, 1.54) is 7.11 Å². The van der Waals surface area contributed by atoms with E-state index in [9.17, 15) is 9.59 Å². The molecule has 0 radical (unpaired) electrons. The van der Waals surface area contributed by atoms with Gasteiger partial charge >= 0.3 is 5.97 Å². The highest BCUT2D eigenvalue weighted by Crippen LogP contribution is 2.29. The summed E-state index contributed by atoms with van der Waals surface area (Å²) >= 11 is 3.42. The number of aromatic amines is 1. The van der Waals surface area contributed by atoms with E-state index in [4.69, 9.17) is 4.74 Å². The van der Waals surface area contributed by atoms with Crippen molar-refractivity contribution in [1.29, 1.82) is 0 Å². The molecule has 128 valence electrons. The Morgan fingerprint density at radius 3 is 2.42 bits per heavy atom. The number of carbonyl (C=O) groups is 2. The Bertz CT molecular complexity index is 724. The zero-order chi connectivity index (χ0) is 17.7. The summed E-state index contributed by atoms with van der Waals surface area (Å²) in [4.78, 5) is 24.7. The summed E-state index contributed by atoms with van der Waals surface area (Å²) in [6.45, 7) is 3.66. The van der Waals surface area contributed by atoms with Crippen LogP contribution >= 0.6 is 15.9 Å². The van der Waals surface area contributed by atoms with Crippen LogP contribution in [0, 0.1) is 0 Å². The van der Waals surface area contributed by atoms with Crippen LogP contribution in [0.3, 0.4) is 0 Å². The first-order valence-corrected chi connectivity index (χ1v) is 8.48. The molecule has 0 aliphatic rings. The summed E-state index contributed by atoms with van der Waals surface area (Å²) in [6.07, 6.45) is 0.860. The number of aromatic nitrogens is 2. The van der Waals surface area contributed by atoms with Crippen molar-refractivity contribution >= 4 is 27.8 Å². The number of ether oxygens (including phenoxy) is 1. The molecule has 0 unspecified atom stereocenters. The van der Waals surface area contributed by atoms with E-state index in [2.05, 4.69) is 31.4 Å². The summed E-state index contributed by atoms with van der Waals surface area (Å²) in [5.74, 6) is -0.870. The van der Waals surface area contributed by atoms with E-state index < -0.39 is 17.4 Å².